The first kappa shape index (κ1) is 29.4. The minimum Gasteiger partial charge on any atom is -0.504 e. The maximum Gasteiger partial charge on any atom is 0.350 e. The number of rotatable bonds is 9. The number of nitrogens with two attached hydrogens (primary N) is 1. The lowest BCUT2D eigenvalue weighted by atomic mass is 10.1. The molecular weight excluding hydrogens is 576 g/mol. The number of aliphatic carboxylic acids is 1. The zero-order valence-electron chi connectivity index (χ0n) is 20.4. The van der Waals surface area contributed by atoms with Crippen LogP contribution in [0.1, 0.15) is 25.1 Å². The van der Waals surface area contributed by atoms with Gasteiger partial charge in [0.2, 0.25) is 5.60 Å². The average molecular weight is 597 g/mol. The van der Waals surface area contributed by atoms with Gasteiger partial charge in [0.05, 0.1) is 17.8 Å². The monoisotopic (exact) mass is 596 g/mol. The SMILES string of the molecule is CC(C)(ON=C(C(=O)N[C@H]1CN(C(=O)NS(=O)(=O)Nc2cc(O)c(O)cc2C#N)C1=O)c1csc(N)n1)C(=O)O. The van der Waals surface area contributed by atoms with E-state index < -0.39 is 75.1 Å². The van der Waals surface area contributed by atoms with Gasteiger partial charge >= 0.3 is 22.2 Å². The topological polar surface area (TPSA) is 287 Å². The second kappa shape index (κ2) is 10.9. The van der Waals surface area contributed by atoms with Crippen molar-refractivity contribution in [3.8, 4) is 17.6 Å². The number of oxime groups is 1. The van der Waals surface area contributed by atoms with Crippen LogP contribution < -0.4 is 20.5 Å². The number of hydrogen-bond acceptors (Lipinski definition) is 14. The lowest BCUT2D eigenvalue weighted by Gasteiger charge is -2.36. The number of phenols is 2. The van der Waals surface area contributed by atoms with Gasteiger partial charge in [-0.15, -0.1) is 11.3 Å². The number of carboxylic acids is 1. The van der Waals surface area contributed by atoms with Gasteiger partial charge in [-0.1, -0.05) is 5.16 Å². The highest BCUT2D eigenvalue weighted by Gasteiger charge is 2.43. The number of thiazole rings is 1. The third-order valence-electron chi connectivity index (χ3n) is 5.04. The van der Waals surface area contributed by atoms with Gasteiger partial charge in [-0.2, -0.15) is 13.7 Å². The molecule has 4 amide bonds. The van der Waals surface area contributed by atoms with Crippen molar-refractivity contribution in [1.82, 2.24) is 19.9 Å². The van der Waals surface area contributed by atoms with E-state index in [9.17, 15) is 42.9 Å². The van der Waals surface area contributed by atoms with Crippen molar-refractivity contribution in [2.75, 3.05) is 17.0 Å². The van der Waals surface area contributed by atoms with Crippen molar-refractivity contribution in [1.29, 1.82) is 5.26 Å². The third-order valence-corrected chi connectivity index (χ3v) is 6.65. The number of nitrogen functional groups attached to an aromatic ring is 1. The first-order valence-corrected chi connectivity index (χ1v) is 13.0. The van der Waals surface area contributed by atoms with Crippen LogP contribution in [-0.2, 0) is 29.4 Å². The number of carbonyl (C=O) groups is 4. The van der Waals surface area contributed by atoms with E-state index in [0.717, 1.165) is 23.5 Å². The molecule has 1 aliphatic rings. The van der Waals surface area contributed by atoms with Gasteiger partial charge in [-0.05, 0) is 13.8 Å². The van der Waals surface area contributed by atoms with Gasteiger partial charge < -0.3 is 31.2 Å². The summed E-state index contributed by atoms with van der Waals surface area (Å²) in [4.78, 5) is 58.3. The second-order valence-electron chi connectivity index (χ2n) is 8.40. The first-order valence-electron chi connectivity index (χ1n) is 10.7. The van der Waals surface area contributed by atoms with E-state index in [1.807, 2.05) is 4.72 Å². The van der Waals surface area contributed by atoms with Gasteiger partial charge in [0.15, 0.2) is 22.3 Å². The Labute approximate surface area is 228 Å². The Morgan fingerprint density at radius 3 is 2.50 bits per heavy atom. The Morgan fingerprint density at radius 2 is 1.95 bits per heavy atom. The third kappa shape index (κ3) is 6.45. The van der Waals surface area contributed by atoms with E-state index >= 15 is 0 Å². The zero-order chi connectivity index (χ0) is 30.0. The van der Waals surface area contributed by atoms with E-state index in [2.05, 4.69) is 15.5 Å². The van der Waals surface area contributed by atoms with Crippen LogP contribution in [-0.4, -0.2) is 81.3 Å². The molecule has 1 fully saturated rings. The molecule has 0 saturated carbocycles. The van der Waals surface area contributed by atoms with Crippen molar-refractivity contribution < 1.29 is 47.8 Å². The van der Waals surface area contributed by atoms with Gasteiger partial charge in [-0.25, -0.2) is 19.3 Å². The number of imide groups is 1. The van der Waals surface area contributed by atoms with Gasteiger partial charge in [0.1, 0.15) is 17.8 Å². The fraction of sp³-hybridized carbons (Fsp3) is 0.250. The quantitative estimate of drug-likeness (QED) is 0.0601. The molecule has 1 atom stereocenters. The molecule has 1 aromatic carbocycles. The van der Waals surface area contributed by atoms with Crippen LogP contribution in [0.2, 0.25) is 0 Å². The number of nitrogens with zero attached hydrogens (tertiary/aromatic N) is 4. The van der Waals surface area contributed by atoms with Crippen molar-refractivity contribution in [3.05, 3.63) is 28.8 Å². The molecular formula is C20H20N8O10S2. The Morgan fingerprint density at radius 1 is 1.30 bits per heavy atom. The zero-order valence-corrected chi connectivity index (χ0v) is 22.0. The molecule has 2 aromatic rings. The highest BCUT2D eigenvalue weighted by atomic mass is 32.2. The van der Waals surface area contributed by atoms with Crippen molar-refractivity contribution >= 4 is 61.9 Å². The fourth-order valence-electron chi connectivity index (χ4n) is 2.84. The fourth-order valence-corrected chi connectivity index (χ4v) is 4.23. The molecule has 8 N–H and O–H groups in total. The maximum absolute atomic E-state index is 12.8. The molecule has 18 nitrogen and oxygen atoms in total. The first-order chi connectivity index (χ1) is 18.5. The number of carboxylic acid groups (broad SMARTS) is 1. The summed E-state index contributed by atoms with van der Waals surface area (Å²) in [5.74, 6) is -4.87. The molecule has 212 valence electrons. The Bertz CT molecular complexity index is 1580. The number of anilines is 2. The average Bonchev–Trinajstić information content (AvgIpc) is 3.28. The number of benzene rings is 1. The van der Waals surface area contributed by atoms with Crippen LogP contribution in [0.5, 0.6) is 11.5 Å². The summed E-state index contributed by atoms with van der Waals surface area (Å²) in [6.45, 7) is 1.87. The number of urea groups is 1. The van der Waals surface area contributed by atoms with Crippen molar-refractivity contribution in [2.45, 2.75) is 25.5 Å². The van der Waals surface area contributed by atoms with Crippen LogP contribution in [0.15, 0.2) is 22.7 Å². The minimum absolute atomic E-state index is 0.0507. The Hall–Kier alpha value is -5.16. The lowest BCUT2D eigenvalue weighted by Crippen LogP contribution is -2.68. The summed E-state index contributed by atoms with van der Waals surface area (Å²) in [6, 6.07) is 0.392. The summed E-state index contributed by atoms with van der Waals surface area (Å²) < 4.78 is 28.0. The molecule has 20 heteroatoms. The van der Waals surface area contributed by atoms with E-state index in [4.69, 9.17) is 15.8 Å². The van der Waals surface area contributed by atoms with E-state index in [1.165, 1.54) is 23.9 Å². The highest BCUT2D eigenvalue weighted by Crippen LogP contribution is 2.31. The van der Waals surface area contributed by atoms with Gasteiger partial charge in [0.25, 0.3) is 11.8 Å². The number of phenolic OH excluding ortho intramolecular Hbond substituents is 2. The summed E-state index contributed by atoms with van der Waals surface area (Å²) in [5.41, 5.74) is 2.28. The number of carbonyl (C=O) groups excluding carboxylic acids is 3. The van der Waals surface area contributed by atoms with Gasteiger partial charge in [-0.3, -0.25) is 19.2 Å². The molecule has 2 heterocycles. The smallest absolute Gasteiger partial charge is 0.350 e. The summed E-state index contributed by atoms with van der Waals surface area (Å²) in [5, 5.41) is 44.5. The van der Waals surface area contributed by atoms with E-state index in [-0.39, 0.29) is 16.4 Å². The van der Waals surface area contributed by atoms with Crippen molar-refractivity contribution in [3.63, 3.8) is 0 Å². The van der Waals surface area contributed by atoms with E-state index in [1.54, 1.807) is 6.07 Å². The molecule has 3 rings (SSSR count). The van der Waals surface area contributed by atoms with E-state index in [0.29, 0.717) is 4.90 Å². The van der Waals surface area contributed by atoms with Gasteiger partial charge in [0, 0.05) is 17.5 Å². The number of likely N-dealkylation sites (tertiary alicyclic amines) is 1. The molecule has 1 aromatic heterocycles. The minimum atomic E-state index is -4.73. The number of hydrogen-bond donors (Lipinski definition) is 7. The van der Waals surface area contributed by atoms with Crippen LogP contribution in [0, 0.1) is 11.3 Å². The normalized spacial score (nSPS) is 15.4. The summed E-state index contributed by atoms with van der Waals surface area (Å²) in [6.07, 6.45) is 0. The van der Waals surface area contributed by atoms with Crippen LogP contribution in [0.25, 0.3) is 0 Å². The molecule has 0 radical (unpaired) electrons. The summed E-state index contributed by atoms with van der Waals surface area (Å²) in [7, 11) is -4.73. The Balaban J connectivity index is 1.67. The van der Waals surface area contributed by atoms with Crippen LogP contribution >= 0.6 is 11.3 Å². The number of nitrogens with one attached hydrogen (secondary N) is 3. The predicted octanol–water partition coefficient (Wildman–Crippen LogP) is -1.01. The van der Waals surface area contributed by atoms with Crippen LogP contribution in [0.3, 0.4) is 0 Å². The number of aromatic nitrogens is 1. The molecule has 0 bridgehead atoms. The number of aromatic hydroxyl groups is 2. The Kier molecular flexibility index (Phi) is 8.02. The van der Waals surface area contributed by atoms with Crippen LogP contribution in [0.4, 0.5) is 15.6 Å². The van der Waals surface area contributed by atoms with Crippen molar-refractivity contribution in [2.24, 2.45) is 5.16 Å². The molecule has 0 unspecified atom stereocenters. The number of β-lactam (4-membered cyclic amide) rings is 1. The highest BCUT2D eigenvalue weighted by molar-refractivity contribution is 7.91. The lowest BCUT2D eigenvalue weighted by molar-refractivity contribution is -0.161. The molecule has 1 aliphatic heterocycles. The molecule has 0 spiro atoms. The number of nitriles is 1. The predicted molar refractivity (Wildman–Crippen MR) is 135 cm³/mol. The largest absolute Gasteiger partial charge is 0.504 e. The molecule has 1 saturated heterocycles. The number of amides is 4. The molecule has 0 aliphatic carbocycles. The molecule has 40 heavy (non-hydrogen) atoms. The standard InChI is InChI=1S/C20H20N8O10S2/c1-20(2,17(33)34)38-25-14(11-7-39-18(22)24-11)15(31)23-10-6-28(16(10)32)19(35)27-40(36,37)26-9-4-13(30)12(29)3-8(9)5-21/h3-4,7,10,26,29-30H,6H2,1-2H3,(H2,22,24)(H,23,31)(H,27,35)(H,33,34)/t10-/m0/s1. The summed E-state index contributed by atoms with van der Waals surface area (Å²) >= 11 is 0.942. The maximum atomic E-state index is 12.8. The second-order valence-corrected chi connectivity index (χ2v) is 10.7.